The minimum Gasteiger partial charge on any atom is -0.480 e. The van der Waals surface area contributed by atoms with Gasteiger partial charge in [0.15, 0.2) is 17.0 Å². The van der Waals surface area contributed by atoms with Gasteiger partial charge in [-0.15, -0.1) is 0 Å². The van der Waals surface area contributed by atoms with E-state index in [9.17, 15) is 14.5 Å². The second-order valence-corrected chi connectivity index (χ2v) is 12.0. The molecule has 13 heteroatoms. The van der Waals surface area contributed by atoms with E-state index in [4.69, 9.17) is 14.8 Å². The topological polar surface area (TPSA) is 149 Å². The van der Waals surface area contributed by atoms with Gasteiger partial charge in [0.05, 0.1) is 19.0 Å². The van der Waals surface area contributed by atoms with Crippen LogP contribution in [0.15, 0.2) is 48.8 Å². The number of carboxylic acid groups (broad SMARTS) is 1. The molecule has 3 heterocycles. The van der Waals surface area contributed by atoms with E-state index in [2.05, 4.69) is 19.9 Å². The molecule has 208 valence electrons. The molecule has 0 spiro atoms. The van der Waals surface area contributed by atoms with Crippen LogP contribution >= 0.6 is 7.75 Å². The highest BCUT2D eigenvalue weighted by molar-refractivity contribution is 7.51. The Balaban J connectivity index is 1.34. The Morgan fingerprint density at radius 1 is 1.21 bits per heavy atom. The number of hydrogen-bond acceptors (Lipinski definition) is 9. The van der Waals surface area contributed by atoms with E-state index in [0.717, 1.165) is 25.3 Å². The smallest absolute Gasteiger partial charge is 0.462 e. The third-order valence-corrected chi connectivity index (χ3v) is 9.36. The molecule has 0 bridgehead atoms. The summed E-state index contributed by atoms with van der Waals surface area (Å²) in [6.45, 7) is 6.92. The van der Waals surface area contributed by atoms with Crippen LogP contribution in [0.5, 0.6) is 5.75 Å². The highest BCUT2D eigenvalue weighted by Crippen LogP contribution is 2.55. The van der Waals surface area contributed by atoms with Crippen molar-refractivity contribution in [3.05, 3.63) is 48.8 Å². The number of nitrogens with two attached hydrogens (primary N) is 1. The molecule has 3 N–H and O–H groups in total. The van der Waals surface area contributed by atoms with E-state index in [1.165, 1.54) is 11.6 Å². The number of benzene rings is 1. The van der Waals surface area contributed by atoms with Gasteiger partial charge in [-0.3, -0.25) is 9.32 Å². The molecule has 0 saturated carbocycles. The Morgan fingerprint density at radius 3 is 2.59 bits per heavy atom. The predicted molar refractivity (Wildman–Crippen MR) is 148 cm³/mol. The molecule has 1 aromatic carbocycles. The Bertz CT molecular complexity index is 1410. The molecule has 12 nitrogen and oxygen atoms in total. The molecule has 0 radical (unpaired) electrons. The lowest BCUT2D eigenvalue weighted by atomic mass is 10.1. The van der Waals surface area contributed by atoms with Crippen molar-refractivity contribution in [3.63, 3.8) is 0 Å². The van der Waals surface area contributed by atoms with Gasteiger partial charge in [0, 0.05) is 25.0 Å². The third kappa shape index (κ3) is 5.50. The number of fused-ring (bicyclic) bond motifs is 1. The first-order valence-corrected chi connectivity index (χ1v) is 14.6. The van der Waals surface area contributed by atoms with Crippen molar-refractivity contribution in [1.82, 2.24) is 24.2 Å². The number of aliphatic carboxylic acids is 1. The normalized spacial score (nSPS) is 21.3. The van der Waals surface area contributed by atoms with Crippen molar-refractivity contribution >= 4 is 36.6 Å². The van der Waals surface area contributed by atoms with Crippen LogP contribution in [0.25, 0.3) is 11.2 Å². The second-order valence-electron chi connectivity index (χ2n) is 10.2. The fourth-order valence-corrected chi connectivity index (χ4v) is 7.13. The summed E-state index contributed by atoms with van der Waals surface area (Å²) < 4.78 is 29.4. The molecule has 1 aliphatic carbocycles. The molecule has 1 fully saturated rings. The molecule has 3 aromatic rings. The predicted octanol–water partition coefficient (Wildman–Crippen LogP) is 4.12. The molecule has 5 rings (SSSR count). The minimum atomic E-state index is -4.05. The van der Waals surface area contributed by atoms with Crippen LogP contribution in [-0.4, -0.2) is 67.0 Å². The number of carbonyl (C=O) groups is 1. The first-order valence-electron chi connectivity index (χ1n) is 13.1. The summed E-state index contributed by atoms with van der Waals surface area (Å²) in [5.74, 6) is 0.0845. The molecular weight excluding hydrogens is 521 g/mol. The van der Waals surface area contributed by atoms with Crippen molar-refractivity contribution in [1.29, 1.82) is 0 Å². The van der Waals surface area contributed by atoms with Crippen LogP contribution in [0.1, 0.15) is 39.7 Å². The number of rotatable bonds is 11. The number of nitrogen functional groups attached to an aromatic ring is 1. The largest absolute Gasteiger partial charge is 0.480 e. The van der Waals surface area contributed by atoms with Gasteiger partial charge in [-0.05, 0) is 45.7 Å². The zero-order valence-corrected chi connectivity index (χ0v) is 23.1. The number of imidazole rings is 1. The van der Waals surface area contributed by atoms with Crippen molar-refractivity contribution in [2.45, 2.75) is 51.7 Å². The molecule has 2 aliphatic rings. The summed E-state index contributed by atoms with van der Waals surface area (Å²) in [6, 6.07) is 7.08. The summed E-state index contributed by atoms with van der Waals surface area (Å²) in [7, 11) is -4.05. The maximum Gasteiger partial charge on any atom is 0.462 e. The number of nitrogens with zero attached hydrogens (tertiary/aromatic N) is 6. The van der Waals surface area contributed by atoms with E-state index < -0.39 is 25.8 Å². The van der Waals surface area contributed by atoms with Crippen molar-refractivity contribution in [2.75, 3.05) is 30.3 Å². The number of para-hydroxylation sites is 1. The summed E-state index contributed by atoms with van der Waals surface area (Å²) in [5, 5.41) is 9.71. The zero-order valence-electron chi connectivity index (χ0n) is 22.3. The molecule has 4 atom stereocenters. The number of hydrogen-bond donors (Lipinski definition) is 2. The molecular formula is C26H34N7O5P. The van der Waals surface area contributed by atoms with E-state index in [0.29, 0.717) is 23.3 Å². The average molecular weight is 556 g/mol. The van der Waals surface area contributed by atoms with E-state index in [-0.39, 0.29) is 24.5 Å². The summed E-state index contributed by atoms with van der Waals surface area (Å²) in [5.41, 5.74) is 7.42. The lowest BCUT2D eigenvalue weighted by molar-refractivity contribution is -0.141. The Labute approximate surface area is 227 Å². The molecule has 1 aliphatic heterocycles. The first kappa shape index (κ1) is 27.1. The van der Waals surface area contributed by atoms with Gasteiger partial charge in [0.2, 0.25) is 5.95 Å². The highest BCUT2D eigenvalue weighted by Gasteiger charge is 2.44. The van der Waals surface area contributed by atoms with Crippen LogP contribution in [0.3, 0.4) is 0 Å². The molecule has 1 unspecified atom stereocenters. The quantitative estimate of drug-likeness (QED) is 0.260. The summed E-state index contributed by atoms with van der Waals surface area (Å²) in [4.78, 5) is 27.5. The number of anilines is 2. The van der Waals surface area contributed by atoms with Gasteiger partial charge >= 0.3 is 13.7 Å². The maximum absolute atomic E-state index is 14.2. The third-order valence-electron chi connectivity index (χ3n) is 7.06. The van der Waals surface area contributed by atoms with E-state index in [1.54, 1.807) is 44.4 Å². The van der Waals surface area contributed by atoms with Gasteiger partial charge in [0.1, 0.15) is 11.8 Å². The van der Waals surface area contributed by atoms with Crippen molar-refractivity contribution < 1.29 is 23.5 Å². The average Bonchev–Trinajstić information content (AvgIpc) is 3.49. The monoisotopic (exact) mass is 555 g/mol. The van der Waals surface area contributed by atoms with Gasteiger partial charge in [-0.2, -0.15) is 14.6 Å². The molecule has 39 heavy (non-hydrogen) atoms. The number of carboxylic acids is 1. The molecule has 1 saturated heterocycles. The van der Waals surface area contributed by atoms with Crippen molar-refractivity contribution in [3.8, 4) is 5.75 Å². The lowest BCUT2D eigenvalue weighted by Gasteiger charge is -2.35. The van der Waals surface area contributed by atoms with Crippen LogP contribution < -0.4 is 15.2 Å². The van der Waals surface area contributed by atoms with Crippen LogP contribution in [0.2, 0.25) is 0 Å². The van der Waals surface area contributed by atoms with Crippen LogP contribution in [0, 0.1) is 5.92 Å². The Hall–Kier alpha value is -3.47. The molecule has 2 aromatic heterocycles. The zero-order chi connectivity index (χ0) is 27.7. The maximum atomic E-state index is 14.2. The fraction of sp³-hybridized carbons (Fsp3) is 0.462. The lowest BCUT2D eigenvalue weighted by Crippen LogP contribution is -2.42. The fourth-order valence-electron chi connectivity index (χ4n) is 4.99. The number of aromatic nitrogens is 4. The summed E-state index contributed by atoms with van der Waals surface area (Å²) >= 11 is 0. The van der Waals surface area contributed by atoms with Gasteiger partial charge in [-0.1, -0.05) is 30.4 Å². The highest BCUT2D eigenvalue weighted by atomic mass is 31.2. The second kappa shape index (κ2) is 11.0. The van der Waals surface area contributed by atoms with Crippen molar-refractivity contribution in [2.24, 2.45) is 5.92 Å². The standard InChI is InChI=1S/C26H34N7O5P/c1-17(2)33(18(3)25(34)35)39(36,38-21-8-5-4-6-9-21)37-15-19-10-11-20(14-19)32-16-28-22-23(31-12-7-13-31)29-26(27)30-24(22)32/h4-6,8-11,16-20H,7,12-15H2,1-3H3,(H,34,35)(H2,27,29,30)/t18?,19-,20+,39-/m1/s1. The minimum absolute atomic E-state index is 0.0595. The van der Waals surface area contributed by atoms with Gasteiger partial charge in [-0.25, -0.2) is 9.55 Å². The molecule has 0 amide bonds. The Kier molecular flexibility index (Phi) is 7.61. The van der Waals surface area contributed by atoms with E-state index in [1.807, 2.05) is 22.8 Å². The van der Waals surface area contributed by atoms with Crippen LogP contribution in [0.4, 0.5) is 11.8 Å². The number of allylic oxidation sites excluding steroid dienone is 1. The van der Waals surface area contributed by atoms with Gasteiger partial charge in [0.25, 0.3) is 0 Å². The van der Waals surface area contributed by atoms with E-state index >= 15 is 0 Å². The SMILES string of the molecule is CC(C)N(C(C)C(=O)O)[P@@](=O)(OC[C@@H]1C=C[C@H](n2cnc3c(N4CCC4)nc(N)nc32)C1)Oc1ccccc1. The first-order chi connectivity index (χ1) is 18.7. The van der Waals surface area contributed by atoms with Crippen LogP contribution in [-0.2, 0) is 13.9 Å². The summed E-state index contributed by atoms with van der Waals surface area (Å²) in [6.07, 6.45) is 7.55. The Morgan fingerprint density at radius 2 is 1.95 bits per heavy atom. The van der Waals surface area contributed by atoms with Gasteiger partial charge < -0.3 is 24.8 Å².